The second-order valence-corrected chi connectivity index (χ2v) is 9.95. The van der Waals surface area contributed by atoms with Crippen molar-refractivity contribution in [3.05, 3.63) is 12.2 Å². The molecule has 0 aliphatic heterocycles. The minimum atomic E-state index is -0.972. The lowest BCUT2D eigenvalue weighted by molar-refractivity contribution is -0.260. The zero-order valence-corrected chi connectivity index (χ0v) is 19.6. The van der Waals surface area contributed by atoms with Gasteiger partial charge in [0, 0.05) is 5.57 Å². The average Bonchev–Trinajstić information content (AvgIpc) is 3.43. The second kappa shape index (κ2) is 9.96. The first-order chi connectivity index (χ1) is 13.6. The van der Waals surface area contributed by atoms with Crippen molar-refractivity contribution >= 4 is 5.97 Å². The molecule has 6 atom stereocenters. The van der Waals surface area contributed by atoms with Gasteiger partial charge in [0.2, 0.25) is 0 Å². The third-order valence-electron chi connectivity index (χ3n) is 7.25. The van der Waals surface area contributed by atoms with Gasteiger partial charge in [0.15, 0.2) is 5.79 Å². The van der Waals surface area contributed by atoms with Crippen LogP contribution in [0, 0.1) is 23.7 Å². The minimum absolute atomic E-state index is 0.0127. The Labute approximate surface area is 178 Å². The smallest absolute Gasteiger partial charge is 0.333 e. The van der Waals surface area contributed by atoms with E-state index in [-0.39, 0.29) is 17.7 Å². The molecule has 4 fully saturated rings. The molecule has 1 N–H and O–H groups in total. The minimum Gasteiger partial charge on any atom is -0.459 e. The van der Waals surface area contributed by atoms with E-state index < -0.39 is 5.79 Å². The number of esters is 1. The predicted molar refractivity (Wildman–Crippen MR) is 117 cm³/mol. The summed E-state index contributed by atoms with van der Waals surface area (Å²) in [4.78, 5) is 11.3. The quantitative estimate of drug-likeness (QED) is 0.343. The van der Waals surface area contributed by atoms with Crippen LogP contribution in [0.1, 0.15) is 99.3 Å². The van der Waals surface area contributed by atoms with Crippen LogP contribution in [0.15, 0.2) is 12.2 Å². The Morgan fingerprint density at radius 2 is 1.76 bits per heavy atom. The molecule has 29 heavy (non-hydrogen) atoms. The molecule has 4 aliphatic carbocycles. The fourth-order valence-electron chi connectivity index (χ4n) is 6.09. The third-order valence-corrected chi connectivity index (χ3v) is 7.25. The highest BCUT2D eigenvalue weighted by Crippen LogP contribution is 2.55. The van der Waals surface area contributed by atoms with Crippen molar-refractivity contribution in [3.63, 3.8) is 0 Å². The molecule has 0 radical (unpaired) electrons. The molecular weight excluding hydrogens is 364 g/mol. The van der Waals surface area contributed by atoms with Crippen LogP contribution in [-0.2, 0) is 14.3 Å². The average molecular weight is 409 g/mol. The van der Waals surface area contributed by atoms with E-state index in [4.69, 9.17) is 9.47 Å². The fourth-order valence-corrected chi connectivity index (χ4v) is 6.09. The lowest BCUT2D eigenvalue weighted by Crippen LogP contribution is -2.44. The third kappa shape index (κ3) is 6.07. The van der Waals surface area contributed by atoms with Crippen molar-refractivity contribution in [1.29, 1.82) is 0 Å². The van der Waals surface area contributed by atoms with Gasteiger partial charge in [-0.2, -0.15) is 0 Å². The summed E-state index contributed by atoms with van der Waals surface area (Å²) in [5, 5.41) is 9.78. The molecule has 6 unspecified atom stereocenters. The number of rotatable bonds is 5. The summed E-state index contributed by atoms with van der Waals surface area (Å²) in [6.45, 7) is 15.0. The molecule has 0 saturated heterocycles. The Morgan fingerprint density at radius 3 is 2.14 bits per heavy atom. The summed E-state index contributed by atoms with van der Waals surface area (Å²) in [6, 6.07) is 0. The van der Waals surface area contributed by atoms with Gasteiger partial charge in [-0.15, -0.1) is 0 Å². The summed E-state index contributed by atoms with van der Waals surface area (Å²) >= 11 is 0. The van der Waals surface area contributed by atoms with Crippen LogP contribution in [0.25, 0.3) is 0 Å². The molecule has 4 nitrogen and oxygen atoms in total. The van der Waals surface area contributed by atoms with Gasteiger partial charge < -0.3 is 14.6 Å². The molecule has 0 aromatic heterocycles. The lowest BCUT2D eigenvalue weighted by Gasteiger charge is -2.41. The van der Waals surface area contributed by atoms with Crippen LogP contribution >= 0.6 is 0 Å². The molecule has 4 heteroatoms. The zero-order chi connectivity index (χ0) is 21.8. The van der Waals surface area contributed by atoms with Crippen LogP contribution in [0.4, 0.5) is 0 Å². The van der Waals surface area contributed by atoms with Crippen molar-refractivity contribution in [2.45, 2.75) is 117 Å². The second-order valence-electron chi connectivity index (χ2n) is 9.95. The van der Waals surface area contributed by atoms with Crippen LogP contribution in [-0.4, -0.2) is 28.6 Å². The SMILES string of the molecule is C=C(C)C(=O)OC1CC2CCC1C2.CC.CCC1(OC(C)(C)O)CC2CCC1C2. The Kier molecular flexibility index (Phi) is 8.38. The molecule has 0 amide bonds. The van der Waals surface area contributed by atoms with Gasteiger partial charge in [-0.1, -0.05) is 27.4 Å². The Balaban J connectivity index is 0.000000191. The first-order valence-corrected chi connectivity index (χ1v) is 11.9. The van der Waals surface area contributed by atoms with Crippen molar-refractivity contribution in [2.24, 2.45) is 23.7 Å². The van der Waals surface area contributed by atoms with E-state index in [1.165, 1.54) is 38.5 Å². The highest BCUT2D eigenvalue weighted by atomic mass is 16.6. The van der Waals surface area contributed by atoms with Gasteiger partial charge in [0.1, 0.15) is 6.10 Å². The summed E-state index contributed by atoms with van der Waals surface area (Å²) in [7, 11) is 0. The van der Waals surface area contributed by atoms with Gasteiger partial charge in [-0.3, -0.25) is 0 Å². The van der Waals surface area contributed by atoms with Crippen molar-refractivity contribution in [2.75, 3.05) is 0 Å². The number of fused-ring (bicyclic) bond motifs is 4. The molecule has 0 spiro atoms. The molecule has 4 aliphatic rings. The number of carbonyl (C=O) groups is 1. The highest BCUT2D eigenvalue weighted by Gasteiger charge is 2.52. The van der Waals surface area contributed by atoms with E-state index in [0.717, 1.165) is 31.1 Å². The van der Waals surface area contributed by atoms with E-state index in [2.05, 4.69) is 13.5 Å². The van der Waals surface area contributed by atoms with E-state index >= 15 is 0 Å². The van der Waals surface area contributed by atoms with Crippen LogP contribution in [0.2, 0.25) is 0 Å². The summed E-state index contributed by atoms with van der Waals surface area (Å²) in [6.07, 6.45) is 11.3. The summed E-state index contributed by atoms with van der Waals surface area (Å²) in [5.74, 6) is 1.85. The van der Waals surface area contributed by atoms with Crippen molar-refractivity contribution in [3.8, 4) is 0 Å². The highest BCUT2D eigenvalue weighted by molar-refractivity contribution is 5.87. The fraction of sp³-hybridized carbons (Fsp3) is 0.880. The van der Waals surface area contributed by atoms with Gasteiger partial charge in [-0.25, -0.2) is 4.79 Å². The maximum atomic E-state index is 11.3. The predicted octanol–water partition coefficient (Wildman–Crippen LogP) is 6.02. The summed E-state index contributed by atoms with van der Waals surface area (Å²) < 4.78 is 11.3. The van der Waals surface area contributed by atoms with Gasteiger partial charge in [-0.05, 0) is 102 Å². The monoisotopic (exact) mass is 408 g/mol. The molecule has 0 aromatic rings. The Morgan fingerprint density at radius 1 is 1.10 bits per heavy atom. The number of aliphatic hydroxyl groups is 1. The molecule has 4 bridgehead atoms. The molecule has 4 rings (SSSR count). The Bertz CT molecular complexity index is 564. The number of hydrogen-bond acceptors (Lipinski definition) is 4. The van der Waals surface area contributed by atoms with E-state index in [1.54, 1.807) is 20.8 Å². The maximum absolute atomic E-state index is 11.3. The topological polar surface area (TPSA) is 55.8 Å². The van der Waals surface area contributed by atoms with E-state index in [0.29, 0.717) is 17.4 Å². The zero-order valence-electron chi connectivity index (χ0n) is 19.6. The van der Waals surface area contributed by atoms with Crippen molar-refractivity contribution < 1.29 is 19.4 Å². The van der Waals surface area contributed by atoms with Crippen LogP contribution < -0.4 is 0 Å². The largest absolute Gasteiger partial charge is 0.459 e. The van der Waals surface area contributed by atoms with Gasteiger partial charge >= 0.3 is 5.97 Å². The van der Waals surface area contributed by atoms with E-state index in [1.807, 2.05) is 13.8 Å². The Hall–Kier alpha value is -0.870. The first-order valence-electron chi connectivity index (χ1n) is 11.9. The first kappa shape index (κ1) is 24.4. The molecule has 4 saturated carbocycles. The van der Waals surface area contributed by atoms with E-state index in [9.17, 15) is 9.90 Å². The van der Waals surface area contributed by atoms with Crippen LogP contribution in [0.5, 0.6) is 0 Å². The number of hydrogen-bond donors (Lipinski definition) is 1. The molecule has 168 valence electrons. The number of carbonyl (C=O) groups excluding carboxylic acids is 1. The van der Waals surface area contributed by atoms with Crippen molar-refractivity contribution in [1.82, 2.24) is 0 Å². The lowest BCUT2D eigenvalue weighted by atomic mass is 9.82. The molecule has 0 aromatic carbocycles. The summed E-state index contributed by atoms with van der Waals surface area (Å²) in [5.41, 5.74) is 0.504. The molecular formula is C25H44O4. The van der Waals surface area contributed by atoms with Gasteiger partial charge in [0.05, 0.1) is 5.60 Å². The standard InChI is InChI=1S/C12H22O2.C11H16O2.C2H6/c1-4-12(14-11(2,3)13)8-9-5-6-10(12)7-9;1-7(2)11(12)13-10-6-8-3-4-9(10)5-8;1-2/h9-10,13H,4-8H2,1-3H3;8-10H,1,3-6H2,2H3;1-2H3. The van der Waals surface area contributed by atoms with Crippen LogP contribution in [0.3, 0.4) is 0 Å². The van der Waals surface area contributed by atoms with Gasteiger partial charge in [0.25, 0.3) is 0 Å². The maximum Gasteiger partial charge on any atom is 0.333 e. The number of ether oxygens (including phenoxy) is 2. The normalized spacial score (nSPS) is 36.7. The molecule has 0 heterocycles.